The van der Waals surface area contributed by atoms with Crippen molar-refractivity contribution in [2.45, 2.75) is 98.4 Å². The molecule has 0 saturated heterocycles. The van der Waals surface area contributed by atoms with Crippen LogP contribution in [-0.4, -0.2) is 36.1 Å². The van der Waals surface area contributed by atoms with Crippen LogP contribution in [0.25, 0.3) is 10.4 Å². The number of rotatable bonds is 10. The summed E-state index contributed by atoms with van der Waals surface area (Å²) in [6.07, 6.45) is 4.69. The van der Waals surface area contributed by atoms with Crippen molar-refractivity contribution in [1.82, 2.24) is 0 Å². The van der Waals surface area contributed by atoms with E-state index >= 15 is 0 Å². The van der Waals surface area contributed by atoms with Crippen LogP contribution in [0.1, 0.15) is 80.1 Å². The second-order valence-electron chi connectivity index (χ2n) is 10.8. The van der Waals surface area contributed by atoms with E-state index in [-0.39, 0.29) is 24.9 Å². The zero-order valence-corrected chi connectivity index (χ0v) is 21.2. The van der Waals surface area contributed by atoms with Gasteiger partial charge in [0.1, 0.15) is 0 Å². The lowest BCUT2D eigenvalue weighted by Crippen LogP contribution is -2.37. The Kier molecular flexibility index (Phi) is 10.4. The molecule has 0 unspecified atom stereocenters. The largest absolute Gasteiger partial charge is 0.392 e. The normalized spacial score (nSPS) is 33.3. The molecule has 0 aromatic rings. The maximum atomic E-state index is 14.1. The highest BCUT2D eigenvalue weighted by atomic mass is 31.2. The summed E-state index contributed by atoms with van der Waals surface area (Å²) in [5.41, 5.74) is 8.60. The van der Waals surface area contributed by atoms with E-state index < -0.39 is 13.7 Å². The summed E-state index contributed by atoms with van der Waals surface area (Å²) in [4.78, 5) is 2.72. The third-order valence-corrected chi connectivity index (χ3v) is 9.36. The maximum absolute atomic E-state index is 14.1. The molecule has 0 aliphatic heterocycles. The number of hydrogen-bond acceptors (Lipinski definition) is 5. The highest BCUT2D eigenvalue weighted by Gasteiger charge is 2.42. The molecule has 0 aromatic heterocycles. The Labute approximate surface area is 188 Å². The molecular weight excluding hydrogens is 413 g/mol. The van der Waals surface area contributed by atoms with Gasteiger partial charge in [-0.1, -0.05) is 59.5 Å². The SMILES string of the molecule is CC(C)[C@@H]1CC[C@@H](C)C[C@H]1OP(=O)(C[C@@H](O)CN=[N+]=[N-])O[C@@H]1C[C@H](C)CC[C@H]1C(C)C. The zero-order valence-electron chi connectivity index (χ0n) is 20.3. The summed E-state index contributed by atoms with van der Waals surface area (Å²) >= 11 is 0. The Bertz CT molecular complexity index is 615. The molecule has 0 bridgehead atoms. The fraction of sp³-hybridized carbons (Fsp3) is 1.00. The highest BCUT2D eigenvalue weighted by Crippen LogP contribution is 2.56. The molecule has 2 aliphatic carbocycles. The molecule has 1 N–H and O–H groups in total. The van der Waals surface area contributed by atoms with Crippen LogP contribution < -0.4 is 0 Å². The average Bonchev–Trinajstić information content (AvgIpc) is 2.65. The fourth-order valence-corrected chi connectivity index (χ4v) is 7.61. The molecule has 0 spiro atoms. The van der Waals surface area contributed by atoms with E-state index in [0.717, 1.165) is 38.5 Å². The van der Waals surface area contributed by atoms with Gasteiger partial charge in [-0.25, -0.2) is 0 Å². The Hall–Kier alpha value is -0.580. The van der Waals surface area contributed by atoms with Crippen molar-refractivity contribution >= 4 is 7.60 Å². The molecule has 31 heavy (non-hydrogen) atoms. The lowest BCUT2D eigenvalue weighted by atomic mass is 9.75. The van der Waals surface area contributed by atoms with Crippen molar-refractivity contribution in [2.24, 2.45) is 40.6 Å². The van der Waals surface area contributed by atoms with E-state index in [1.165, 1.54) is 0 Å². The molecular formula is C23H44N3O4P. The van der Waals surface area contributed by atoms with E-state index in [2.05, 4.69) is 51.6 Å². The highest BCUT2D eigenvalue weighted by molar-refractivity contribution is 7.53. The van der Waals surface area contributed by atoms with Crippen molar-refractivity contribution in [2.75, 3.05) is 12.7 Å². The molecule has 8 heteroatoms. The van der Waals surface area contributed by atoms with Gasteiger partial charge in [-0.05, 0) is 66.7 Å². The van der Waals surface area contributed by atoms with Crippen LogP contribution in [0.15, 0.2) is 5.11 Å². The quantitative estimate of drug-likeness (QED) is 0.168. The second kappa shape index (κ2) is 12.0. The first-order valence-electron chi connectivity index (χ1n) is 12.2. The Balaban J connectivity index is 2.26. The third kappa shape index (κ3) is 8.05. The molecule has 2 saturated carbocycles. The summed E-state index contributed by atoms with van der Waals surface area (Å²) in [5, 5.41) is 13.9. The summed E-state index contributed by atoms with van der Waals surface area (Å²) < 4.78 is 26.9. The minimum absolute atomic E-state index is 0.128. The monoisotopic (exact) mass is 457 g/mol. The minimum atomic E-state index is -3.59. The number of hydrogen-bond donors (Lipinski definition) is 1. The summed E-state index contributed by atoms with van der Waals surface area (Å²) in [6.45, 7) is 13.1. The second-order valence-corrected chi connectivity index (χ2v) is 12.8. The molecule has 2 aliphatic rings. The lowest BCUT2D eigenvalue weighted by molar-refractivity contribution is -0.00558. The van der Waals surface area contributed by atoms with E-state index in [9.17, 15) is 9.67 Å². The predicted octanol–water partition coefficient (Wildman–Crippen LogP) is 6.81. The predicted molar refractivity (Wildman–Crippen MR) is 125 cm³/mol. The van der Waals surface area contributed by atoms with Crippen molar-refractivity contribution in [3.05, 3.63) is 10.4 Å². The van der Waals surface area contributed by atoms with E-state index in [4.69, 9.17) is 14.6 Å². The third-order valence-electron chi connectivity index (χ3n) is 7.30. The van der Waals surface area contributed by atoms with E-state index in [0.29, 0.717) is 35.5 Å². The first kappa shape index (κ1) is 26.7. The molecule has 0 heterocycles. The first-order valence-corrected chi connectivity index (χ1v) is 13.9. The smallest absolute Gasteiger partial charge is 0.333 e. The molecule has 0 amide bonds. The molecule has 0 aromatic carbocycles. The zero-order chi connectivity index (χ0) is 23.2. The van der Waals surface area contributed by atoms with Gasteiger partial charge in [0.05, 0.1) is 31.0 Å². The molecule has 7 atom stereocenters. The van der Waals surface area contributed by atoms with Gasteiger partial charge in [0.15, 0.2) is 0 Å². The summed E-state index contributed by atoms with van der Waals surface area (Å²) in [6, 6.07) is 0. The van der Waals surface area contributed by atoms with E-state index in [1.807, 2.05) is 0 Å². The molecule has 180 valence electrons. The van der Waals surface area contributed by atoms with Crippen LogP contribution in [0.2, 0.25) is 0 Å². The Morgan fingerprint density at radius 3 is 1.81 bits per heavy atom. The summed E-state index contributed by atoms with van der Waals surface area (Å²) in [7, 11) is -3.59. The van der Waals surface area contributed by atoms with Crippen LogP contribution in [0.3, 0.4) is 0 Å². The fourth-order valence-electron chi connectivity index (χ4n) is 5.44. The van der Waals surface area contributed by atoms with Gasteiger partial charge in [-0.2, -0.15) is 0 Å². The van der Waals surface area contributed by atoms with E-state index in [1.54, 1.807) is 0 Å². The molecule has 0 radical (unpaired) electrons. The van der Waals surface area contributed by atoms with Crippen LogP contribution in [0.5, 0.6) is 0 Å². The van der Waals surface area contributed by atoms with Gasteiger partial charge in [-0.3, -0.25) is 4.57 Å². The maximum Gasteiger partial charge on any atom is 0.333 e. The Morgan fingerprint density at radius 1 is 0.968 bits per heavy atom. The average molecular weight is 458 g/mol. The molecule has 7 nitrogen and oxygen atoms in total. The van der Waals surface area contributed by atoms with Gasteiger partial charge < -0.3 is 14.2 Å². The summed E-state index contributed by atoms with van der Waals surface area (Å²) in [5.74, 6) is 2.54. The van der Waals surface area contributed by atoms with Gasteiger partial charge in [0, 0.05) is 4.91 Å². The van der Waals surface area contributed by atoms with Crippen LogP contribution in [0.4, 0.5) is 0 Å². The van der Waals surface area contributed by atoms with Crippen LogP contribution in [0, 0.1) is 35.5 Å². The van der Waals surface area contributed by atoms with Gasteiger partial charge in [0.25, 0.3) is 0 Å². The van der Waals surface area contributed by atoms with Gasteiger partial charge in [0.2, 0.25) is 0 Å². The van der Waals surface area contributed by atoms with Gasteiger partial charge in [-0.15, -0.1) is 0 Å². The number of nitrogens with zero attached hydrogens (tertiary/aromatic N) is 3. The minimum Gasteiger partial charge on any atom is -0.392 e. The van der Waals surface area contributed by atoms with Gasteiger partial charge >= 0.3 is 7.60 Å². The van der Waals surface area contributed by atoms with Crippen LogP contribution >= 0.6 is 7.60 Å². The van der Waals surface area contributed by atoms with Crippen molar-refractivity contribution < 1.29 is 18.7 Å². The Morgan fingerprint density at radius 2 is 1.42 bits per heavy atom. The molecule has 2 rings (SSSR count). The van der Waals surface area contributed by atoms with Crippen LogP contribution in [-0.2, 0) is 13.6 Å². The van der Waals surface area contributed by atoms with Crippen molar-refractivity contribution in [3.63, 3.8) is 0 Å². The number of aliphatic hydroxyl groups excluding tert-OH is 1. The van der Waals surface area contributed by atoms with Crippen molar-refractivity contribution in [1.29, 1.82) is 0 Å². The lowest BCUT2D eigenvalue weighted by Gasteiger charge is -2.42. The number of aliphatic hydroxyl groups is 1. The first-order chi connectivity index (χ1) is 14.5. The standard InChI is InChI=1S/C23H44N3O4P/c1-15(2)20-9-7-17(5)11-22(20)29-31(28,14-19(27)13-25-26-24)30-23-12-18(6)8-10-21(23)16(3)4/h15-23,27H,7-14H2,1-6H3/t17-,18-,19+,20+,21+,22-,23-/m1/s1. The number of azide groups is 1. The van der Waals surface area contributed by atoms with Crippen molar-refractivity contribution in [3.8, 4) is 0 Å². The molecule has 2 fully saturated rings. The topological polar surface area (TPSA) is 105 Å².